The number of thiazole rings is 1. The van der Waals surface area contributed by atoms with Gasteiger partial charge >= 0.3 is 0 Å². The highest BCUT2D eigenvalue weighted by molar-refractivity contribution is 7.15. The van der Waals surface area contributed by atoms with E-state index in [1.54, 1.807) is 11.3 Å². The van der Waals surface area contributed by atoms with Crippen molar-refractivity contribution < 1.29 is 0 Å². The van der Waals surface area contributed by atoms with E-state index in [9.17, 15) is 0 Å². The monoisotopic (exact) mass is 250 g/mol. The van der Waals surface area contributed by atoms with E-state index in [2.05, 4.69) is 15.5 Å². The zero-order valence-electron chi connectivity index (χ0n) is 9.93. The lowest BCUT2D eigenvalue weighted by molar-refractivity contribution is 0.428. The van der Waals surface area contributed by atoms with Crippen LogP contribution in [0.25, 0.3) is 4.96 Å². The second kappa shape index (κ2) is 4.74. The molecule has 2 N–H and O–H groups in total. The van der Waals surface area contributed by atoms with E-state index in [0.717, 1.165) is 17.2 Å². The Morgan fingerprint density at radius 3 is 2.94 bits per heavy atom. The summed E-state index contributed by atoms with van der Waals surface area (Å²) in [5, 5.41) is 6.79. The van der Waals surface area contributed by atoms with Crippen LogP contribution in [-0.2, 0) is 6.42 Å². The highest BCUT2D eigenvalue weighted by Crippen LogP contribution is 2.31. The van der Waals surface area contributed by atoms with Gasteiger partial charge in [-0.1, -0.05) is 19.3 Å². The van der Waals surface area contributed by atoms with E-state index < -0.39 is 0 Å². The fourth-order valence-corrected chi connectivity index (χ4v) is 3.46. The van der Waals surface area contributed by atoms with E-state index in [-0.39, 0.29) is 0 Å². The Kier molecular flexibility index (Phi) is 3.11. The van der Waals surface area contributed by atoms with Gasteiger partial charge in [0.2, 0.25) is 4.96 Å². The molecular weight excluding hydrogens is 232 g/mol. The number of nitrogens with two attached hydrogens (primary N) is 1. The summed E-state index contributed by atoms with van der Waals surface area (Å²) in [7, 11) is 0. The minimum Gasteiger partial charge on any atom is -0.330 e. The Labute approximate surface area is 105 Å². The van der Waals surface area contributed by atoms with Crippen molar-refractivity contribution in [3.8, 4) is 0 Å². The van der Waals surface area contributed by atoms with Crippen LogP contribution in [0.1, 0.15) is 49.5 Å². The van der Waals surface area contributed by atoms with Gasteiger partial charge in [-0.2, -0.15) is 5.10 Å². The molecule has 0 spiro atoms. The molecule has 0 saturated heterocycles. The third-order valence-corrected chi connectivity index (χ3v) is 4.40. The maximum absolute atomic E-state index is 5.60. The molecule has 0 aliphatic heterocycles. The Morgan fingerprint density at radius 2 is 2.18 bits per heavy atom. The molecule has 3 rings (SSSR count). The number of nitrogens with zero attached hydrogens (tertiary/aromatic N) is 3. The summed E-state index contributed by atoms with van der Waals surface area (Å²) in [4.78, 5) is 5.69. The van der Waals surface area contributed by atoms with Gasteiger partial charge in [-0.3, -0.25) is 0 Å². The summed E-state index contributed by atoms with van der Waals surface area (Å²) in [5.41, 5.74) is 6.80. The molecule has 0 aromatic carbocycles. The fourth-order valence-electron chi connectivity index (χ4n) is 2.59. The van der Waals surface area contributed by atoms with Gasteiger partial charge in [0.15, 0.2) is 5.82 Å². The van der Waals surface area contributed by atoms with Crippen molar-refractivity contribution in [2.75, 3.05) is 6.54 Å². The Morgan fingerprint density at radius 1 is 1.35 bits per heavy atom. The normalized spacial score (nSPS) is 17.9. The molecule has 17 heavy (non-hydrogen) atoms. The molecule has 0 radical (unpaired) electrons. The second-order valence-corrected chi connectivity index (χ2v) is 5.60. The molecule has 5 heteroatoms. The zero-order valence-corrected chi connectivity index (χ0v) is 10.7. The predicted molar refractivity (Wildman–Crippen MR) is 69.4 cm³/mol. The third-order valence-electron chi connectivity index (χ3n) is 3.54. The van der Waals surface area contributed by atoms with Crippen LogP contribution in [0.3, 0.4) is 0 Å². The van der Waals surface area contributed by atoms with Crippen LogP contribution in [-0.4, -0.2) is 21.1 Å². The first-order chi connectivity index (χ1) is 8.38. The maximum atomic E-state index is 5.60. The van der Waals surface area contributed by atoms with Gasteiger partial charge < -0.3 is 5.73 Å². The molecule has 0 bridgehead atoms. The Balaban J connectivity index is 1.90. The number of hydrogen-bond acceptors (Lipinski definition) is 4. The summed E-state index contributed by atoms with van der Waals surface area (Å²) in [5.74, 6) is 1.64. The van der Waals surface area contributed by atoms with Crippen LogP contribution in [0, 0.1) is 0 Å². The molecule has 0 amide bonds. The van der Waals surface area contributed by atoms with Gasteiger partial charge in [-0.15, -0.1) is 11.3 Å². The number of hydrogen-bond donors (Lipinski definition) is 1. The molecule has 92 valence electrons. The van der Waals surface area contributed by atoms with Gasteiger partial charge in [0, 0.05) is 17.7 Å². The Hall–Kier alpha value is -0.940. The quantitative estimate of drug-likeness (QED) is 0.909. The molecule has 0 atom stereocenters. The molecular formula is C12H18N4S. The largest absolute Gasteiger partial charge is 0.330 e. The minimum absolute atomic E-state index is 0.585. The van der Waals surface area contributed by atoms with Crippen molar-refractivity contribution in [1.29, 1.82) is 0 Å². The first kappa shape index (κ1) is 11.2. The topological polar surface area (TPSA) is 56.2 Å². The lowest BCUT2D eigenvalue weighted by Crippen LogP contribution is -2.08. The predicted octanol–water partition coefficient (Wildman–Crippen LogP) is 2.34. The van der Waals surface area contributed by atoms with Crippen LogP contribution in [0.15, 0.2) is 5.38 Å². The average molecular weight is 250 g/mol. The molecule has 1 aliphatic rings. The summed E-state index contributed by atoms with van der Waals surface area (Å²) in [6.07, 6.45) is 7.42. The minimum atomic E-state index is 0.585. The van der Waals surface area contributed by atoms with Crippen LogP contribution in [0.5, 0.6) is 0 Å². The van der Waals surface area contributed by atoms with E-state index >= 15 is 0 Å². The van der Waals surface area contributed by atoms with Crippen LogP contribution in [0.4, 0.5) is 0 Å². The van der Waals surface area contributed by atoms with Gasteiger partial charge in [0.05, 0.1) is 5.69 Å². The van der Waals surface area contributed by atoms with Gasteiger partial charge in [-0.25, -0.2) is 9.50 Å². The summed E-state index contributed by atoms with van der Waals surface area (Å²) < 4.78 is 1.99. The highest BCUT2D eigenvalue weighted by atomic mass is 32.1. The van der Waals surface area contributed by atoms with Gasteiger partial charge in [-0.05, 0) is 19.4 Å². The number of rotatable bonds is 3. The lowest BCUT2D eigenvalue weighted by Gasteiger charge is -2.18. The SMILES string of the molecule is NCCc1csc2nc(C3CCCCC3)nn12. The molecule has 1 fully saturated rings. The molecule has 2 aromatic rings. The highest BCUT2D eigenvalue weighted by Gasteiger charge is 2.20. The van der Waals surface area contributed by atoms with Gasteiger partial charge in [0.1, 0.15) is 0 Å². The fraction of sp³-hybridized carbons (Fsp3) is 0.667. The molecule has 1 aliphatic carbocycles. The van der Waals surface area contributed by atoms with Crippen LogP contribution in [0.2, 0.25) is 0 Å². The molecule has 4 nitrogen and oxygen atoms in total. The van der Waals surface area contributed by atoms with Crippen molar-refractivity contribution in [2.45, 2.75) is 44.4 Å². The van der Waals surface area contributed by atoms with Crippen LogP contribution < -0.4 is 5.73 Å². The standard InChI is InChI=1S/C12H18N4S/c13-7-6-10-8-17-12-14-11(15-16(10)12)9-4-2-1-3-5-9/h8-9H,1-7,13H2. The van der Waals surface area contributed by atoms with Crippen molar-refractivity contribution in [3.05, 3.63) is 16.9 Å². The maximum Gasteiger partial charge on any atom is 0.212 e. The first-order valence-corrected chi connectivity index (χ1v) is 7.29. The van der Waals surface area contributed by atoms with Gasteiger partial charge in [0.25, 0.3) is 0 Å². The third kappa shape index (κ3) is 2.09. The van der Waals surface area contributed by atoms with E-state index in [4.69, 9.17) is 5.73 Å². The van der Waals surface area contributed by atoms with Crippen molar-refractivity contribution in [3.63, 3.8) is 0 Å². The lowest BCUT2D eigenvalue weighted by atomic mass is 9.89. The molecule has 2 heterocycles. The number of fused-ring (bicyclic) bond motifs is 1. The smallest absolute Gasteiger partial charge is 0.212 e. The zero-order chi connectivity index (χ0) is 11.7. The number of aromatic nitrogens is 3. The summed E-state index contributed by atoms with van der Waals surface area (Å²) >= 11 is 1.67. The molecule has 0 unspecified atom stereocenters. The second-order valence-electron chi connectivity index (χ2n) is 4.77. The van der Waals surface area contributed by atoms with Crippen LogP contribution >= 0.6 is 11.3 Å². The average Bonchev–Trinajstić information content (AvgIpc) is 2.93. The summed E-state index contributed by atoms with van der Waals surface area (Å²) in [6.45, 7) is 0.671. The Bertz CT molecular complexity index is 496. The van der Waals surface area contributed by atoms with Crippen molar-refractivity contribution in [2.24, 2.45) is 5.73 Å². The first-order valence-electron chi connectivity index (χ1n) is 6.41. The van der Waals surface area contributed by atoms with E-state index in [1.165, 1.54) is 37.8 Å². The summed E-state index contributed by atoms with van der Waals surface area (Å²) in [6, 6.07) is 0. The molecule has 2 aromatic heterocycles. The van der Waals surface area contributed by atoms with Crippen molar-refractivity contribution >= 4 is 16.3 Å². The van der Waals surface area contributed by atoms with Crippen molar-refractivity contribution in [1.82, 2.24) is 14.6 Å². The molecule has 1 saturated carbocycles. The van der Waals surface area contributed by atoms with E-state index in [1.807, 2.05) is 4.52 Å². The van der Waals surface area contributed by atoms with E-state index in [0.29, 0.717) is 12.5 Å².